The Bertz CT molecular complexity index is 946. The lowest BCUT2D eigenvalue weighted by atomic mass is 10.3. The van der Waals surface area contributed by atoms with E-state index >= 15 is 0 Å². The van der Waals surface area contributed by atoms with Gasteiger partial charge in [-0.05, 0) is 36.4 Å². The molecule has 2 N–H and O–H groups in total. The van der Waals surface area contributed by atoms with E-state index in [0.29, 0.717) is 38.1 Å². The lowest BCUT2D eigenvalue weighted by Gasteiger charge is -2.26. The van der Waals surface area contributed by atoms with Gasteiger partial charge in [0, 0.05) is 24.8 Å². The number of sulfonamides is 1. The Morgan fingerprint density at radius 2 is 1.75 bits per heavy atom. The Hall–Kier alpha value is -2.56. The largest absolute Gasteiger partial charge is 0.379 e. The Labute approximate surface area is 161 Å². The number of ether oxygens (including phenoxy) is 1. The molecule has 0 unspecified atom stereocenters. The molecule has 1 aliphatic rings. The van der Waals surface area contributed by atoms with Crippen molar-refractivity contribution in [2.24, 2.45) is 0 Å². The van der Waals surface area contributed by atoms with E-state index in [2.05, 4.69) is 10.6 Å². The van der Waals surface area contributed by atoms with Crippen LogP contribution in [0.1, 0.15) is 0 Å². The van der Waals surface area contributed by atoms with Gasteiger partial charge in [-0.1, -0.05) is 0 Å². The highest BCUT2D eigenvalue weighted by Gasteiger charge is 2.26. The van der Waals surface area contributed by atoms with Crippen molar-refractivity contribution in [1.29, 1.82) is 0 Å². The number of carbonyl (C=O) groups is 1. The van der Waals surface area contributed by atoms with Gasteiger partial charge in [0.2, 0.25) is 15.9 Å². The van der Waals surface area contributed by atoms with Gasteiger partial charge in [-0.3, -0.25) is 4.79 Å². The molecule has 3 rings (SSSR count). The number of nitrogens with zero attached hydrogens (tertiary/aromatic N) is 1. The molecule has 150 valence electrons. The fourth-order valence-corrected chi connectivity index (χ4v) is 4.06. The van der Waals surface area contributed by atoms with Crippen LogP contribution in [0, 0.1) is 11.6 Å². The molecule has 1 heterocycles. The second-order valence-electron chi connectivity index (χ2n) is 6.07. The summed E-state index contributed by atoms with van der Waals surface area (Å²) in [5.41, 5.74) is 0.399. The maximum atomic E-state index is 13.5. The van der Waals surface area contributed by atoms with Crippen LogP contribution in [0.25, 0.3) is 0 Å². The monoisotopic (exact) mass is 411 g/mol. The summed E-state index contributed by atoms with van der Waals surface area (Å²) >= 11 is 0. The van der Waals surface area contributed by atoms with Crippen LogP contribution < -0.4 is 10.6 Å². The van der Waals surface area contributed by atoms with Crippen molar-refractivity contribution >= 4 is 27.3 Å². The van der Waals surface area contributed by atoms with Crippen LogP contribution in [0.2, 0.25) is 0 Å². The van der Waals surface area contributed by atoms with Crippen LogP contribution in [-0.2, 0) is 19.6 Å². The molecule has 1 fully saturated rings. The number of benzene rings is 2. The molecule has 0 saturated carbocycles. The molecule has 1 saturated heterocycles. The smallest absolute Gasteiger partial charge is 0.243 e. The molecule has 2 aromatic rings. The van der Waals surface area contributed by atoms with Crippen LogP contribution in [0.4, 0.5) is 20.2 Å². The van der Waals surface area contributed by atoms with Crippen LogP contribution >= 0.6 is 0 Å². The second kappa shape index (κ2) is 8.63. The zero-order valence-corrected chi connectivity index (χ0v) is 15.6. The normalized spacial score (nSPS) is 15.2. The molecular weight excluding hydrogens is 392 g/mol. The van der Waals surface area contributed by atoms with E-state index in [1.54, 1.807) is 12.1 Å². The number of halogens is 2. The molecule has 0 spiro atoms. The van der Waals surface area contributed by atoms with E-state index in [4.69, 9.17) is 4.74 Å². The molecule has 0 bridgehead atoms. The first-order chi connectivity index (χ1) is 13.4. The number of carbonyl (C=O) groups excluding carboxylic acids is 1. The van der Waals surface area contributed by atoms with E-state index < -0.39 is 27.6 Å². The standard InChI is InChI=1S/C18H19F2N3O4S/c19-13-1-6-17(16(20)11-13)22-18(24)12-21-14-2-4-15(5-3-14)28(25,26)23-7-9-27-10-8-23/h1-6,11,21H,7-10,12H2,(H,22,24). The molecule has 7 nitrogen and oxygen atoms in total. The molecule has 10 heteroatoms. The van der Waals surface area contributed by atoms with Gasteiger partial charge in [0.25, 0.3) is 0 Å². The minimum Gasteiger partial charge on any atom is -0.379 e. The third-order valence-corrected chi connectivity index (χ3v) is 6.03. The molecule has 0 aliphatic carbocycles. The lowest BCUT2D eigenvalue weighted by molar-refractivity contribution is -0.114. The SMILES string of the molecule is O=C(CNc1ccc(S(=O)(=O)N2CCOCC2)cc1)Nc1ccc(F)cc1F. The van der Waals surface area contributed by atoms with Gasteiger partial charge in [0.05, 0.1) is 30.3 Å². The minimum absolute atomic E-state index is 0.125. The van der Waals surface area contributed by atoms with E-state index in [1.807, 2.05) is 0 Å². The summed E-state index contributed by atoms with van der Waals surface area (Å²) in [6.45, 7) is 1.17. The Morgan fingerprint density at radius 1 is 1.07 bits per heavy atom. The van der Waals surface area contributed by atoms with E-state index in [9.17, 15) is 22.0 Å². The number of nitrogens with one attached hydrogen (secondary N) is 2. The molecule has 0 radical (unpaired) electrons. The summed E-state index contributed by atoms with van der Waals surface area (Å²) in [4.78, 5) is 12.1. The quantitative estimate of drug-likeness (QED) is 0.760. The molecule has 1 aliphatic heterocycles. The number of rotatable bonds is 6. The predicted octanol–water partition coefficient (Wildman–Crippen LogP) is 2.04. The number of hydrogen-bond acceptors (Lipinski definition) is 5. The third-order valence-electron chi connectivity index (χ3n) is 4.12. The average Bonchev–Trinajstić information content (AvgIpc) is 2.69. The topological polar surface area (TPSA) is 87.7 Å². The van der Waals surface area contributed by atoms with Gasteiger partial charge in [-0.25, -0.2) is 17.2 Å². The average molecular weight is 411 g/mol. The van der Waals surface area contributed by atoms with Crippen molar-refractivity contribution in [3.8, 4) is 0 Å². The van der Waals surface area contributed by atoms with Gasteiger partial charge in [-0.15, -0.1) is 0 Å². The van der Waals surface area contributed by atoms with E-state index in [1.165, 1.54) is 16.4 Å². The maximum Gasteiger partial charge on any atom is 0.243 e. The Balaban J connectivity index is 1.57. The van der Waals surface area contributed by atoms with Crippen LogP contribution in [0.5, 0.6) is 0 Å². The highest BCUT2D eigenvalue weighted by molar-refractivity contribution is 7.89. The molecule has 0 aromatic heterocycles. The molecule has 0 atom stereocenters. The predicted molar refractivity (Wildman–Crippen MR) is 99.5 cm³/mol. The van der Waals surface area contributed by atoms with Gasteiger partial charge < -0.3 is 15.4 Å². The molecular formula is C18H19F2N3O4S. The number of anilines is 2. The highest BCUT2D eigenvalue weighted by atomic mass is 32.2. The first-order valence-corrected chi connectivity index (χ1v) is 9.97. The Morgan fingerprint density at radius 3 is 2.39 bits per heavy atom. The maximum absolute atomic E-state index is 13.5. The van der Waals surface area contributed by atoms with Gasteiger partial charge in [-0.2, -0.15) is 4.31 Å². The summed E-state index contributed by atoms with van der Waals surface area (Å²) in [5.74, 6) is -2.14. The van der Waals surface area contributed by atoms with Crippen molar-refractivity contribution in [1.82, 2.24) is 4.31 Å². The van der Waals surface area contributed by atoms with E-state index in [0.717, 1.165) is 12.1 Å². The van der Waals surface area contributed by atoms with Crippen LogP contribution in [0.3, 0.4) is 0 Å². The highest BCUT2D eigenvalue weighted by Crippen LogP contribution is 2.19. The summed E-state index contributed by atoms with van der Waals surface area (Å²) in [6.07, 6.45) is 0. The lowest BCUT2D eigenvalue weighted by Crippen LogP contribution is -2.40. The van der Waals surface area contributed by atoms with E-state index in [-0.39, 0.29) is 17.1 Å². The number of amides is 1. The second-order valence-corrected chi connectivity index (χ2v) is 8.00. The van der Waals surface area contributed by atoms with Crippen LogP contribution in [-0.4, -0.2) is 51.5 Å². The number of hydrogen-bond donors (Lipinski definition) is 2. The summed E-state index contributed by atoms with van der Waals surface area (Å²) < 4.78 is 58.0. The van der Waals surface area contributed by atoms with Gasteiger partial charge in [0.15, 0.2) is 0 Å². The first kappa shape index (κ1) is 20.2. The number of morpholine rings is 1. The van der Waals surface area contributed by atoms with Gasteiger partial charge >= 0.3 is 0 Å². The Kier molecular flexibility index (Phi) is 6.22. The molecule has 28 heavy (non-hydrogen) atoms. The molecule has 1 amide bonds. The van der Waals surface area contributed by atoms with Crippen molar-refractivity contribution < 1.29 is 26.7 Å². The van der Waals surface area contributed by atoms with Crippen molar-refractivity contribution in [2.45, 2.75) is 4.90 Å². The zero-order chi connectivity index (χ0) is 20.1. The summed E-state index contributed by atoms with van der Waals surface area (Å²) in [5, 5.41) is 5.15. The van der Waals surface area contributed by atoms with Crippen molar-refractivity contribution in [3.63, 3.8) is 0 Å². The summed E-state index contributed by atoms with van der Waals surface area (Å²) in [7, 11) is -3.59. The summed E-state index contributed by atoms with van der Waals surface area (Å²) in [6, 6.07) is 8.83. The van der Waals surface area contributed by atoms with Crippen molar-refractivity contribution in [3.05, 3.63) is 54.1 Å². The zero-order valence-electron chi connectivity index (χ0n) is 14.8. The van der Waals surface area contributed by atoms with Crippen molar-refractivity contribution in [2.75, 3.05) is 43.5 Å². The third kappa shape index (κ3) is 4.83. The van der Waals surface area contributed by atoms with Crippen LogP contribution in [0.15, 0.2) is 47.4 Å². The molecule has 2 aromatic carbocycles. The minimum atomic E-state index is -3.59. The first-order valence-electron chi connectivity index (χ1n) is 8.53. The van der Waals surface area contributed by atoms with Gasteiger partial charge in [0.1, 0.15) is 11.6 Å². The fourth-order valence-electron chi connectivity index (χ4n) is 2.65. The fraction of sp³-hybridized carbons (Fsp3) is 0.278.